The molecule has 198 valence electrons. The zero-order valence-electron chi connectivity index (χ0n) is 20.9. The summed E-state index contributed by atoms with van der Waals surface area (Å²) in [5.74, 6) is -0.162. The van der Waals surface area contributed by atoms with Gasteiger partial charge in [-0.1, -0.05) is 0 Å². The molecule has 2 amide bonds. The fourth-order valence-corrected chi connectivity index (χ4v) is 8.42. The van der Waals surface area contributed by atoms with Gasteiger partial charge in [0.25, 0.3) is 0 Å². The fraction of sp³-hybridized carbons (Fsp3) is 0.440. The third kappa shape index (κ3) is 4.56. The van der Waals surface area contributed by atoms with Crippen LogP contribution in [0.15, 0.2) is 46.2 Å². The molecular formula is C25H30N4O6S2. The first-order chi connectivity index (χ1) is 17.5. The summed E-state index contributed by atoms with van der Waals surface area (Å²) in [7, 11) is -7.66. The molecule has 3 heterocycles. The van der Waals surface area contributed by atoms with Crippen molar-refractivity contribution < 1.29 is 26.4 Å². The van der Waals surface area contributed by atoms with E-state index in [1.54, 1.807) is 34.1 Å². The van der Waals surface area contributed by atoms with Gasteiger partial charge in [0.2, 0.25) is 31.9 Å². The Morgan fingerprint density at radius 3 is 1.41 bits per heavy atom. The van der Waals surface area contributed by atoms with Gasteiger partial charge in [-0.3, -0.25) is 9.59 Å². The fourth-order valence-electron chi connectivity index (χ4n) is 5.38. The number of benzene rings is 2. The number of carbonyl (C=O) groups excluding carboxylic acids is 2. The molecule has 1 fully saturated rings. The van der Waals surface area contributed by atoms with Gasteiger partial charge < -0.3 is 9.80 Å². The number of hydrogen-bond donors (Lipinski definition) is 0. The number of amides is 2. The maximum Gasteiger partial charge on any atom is 0.243 e. The van der Waals surface area contributed by atoms with Crippen LogP contribution in [0.5, 0.6) is 0 Å². The lowest BCUT2D eigenvalue weighted by Gasteiger charge is -2.22. The predicted octanol–water partition coefficient (Wildman–Crippen LogP) is 1.59. The molecule has 3 aliphatic rings. The van der Waals surface area contributed by atoms with Crippen molar-refractivity contribution in [3.05, 3.63) is 47.5 Å². The second kappa shape index (κ2) is 9.50. The quantitative estimate of drug-likeness (QED) is 0.575. The second-order valence-corrected chi connectivity index (χ2v) is 13.5. The lowest BCUT2D eigenvalue weighted by Crippen LogP contribution is -2.37. The molecule has 10 nitrogen and oxygen atoms in total. The third-order valence-corrected chi connectivity index (χ3v) is 11.1. The van der Waals surface area contributed by atoms with Crippen LogP contribution in [0.1, 0.15) is 31.4 Å². The maximum absolute atomic E-state index is 13.4. The monoisotopic (exact) mass is 546 g/mol. The Hall–Kier alpha value is -2.80. The average Bonchev–Trinajstić information content (AvgIpc) is 3.39. The smallest absolute Gasteiger partial charge is 0.243 e. The van der Waals surface area contributed by atoms with Crippen molar-refractivity contribution in [2.75, 3.05) is 49.1 Å². The summed E-state index contributed by atoms with van der Waals surface area (Å²) in [4.78, 5) is 27.2. The van der Waals surface area contributed by atoms with Crippen molar-refractivity contribution in [3.8, 4) is 0 Å². The Kier molecular flexibility index (Phi) is 6.63. The van der Waals surface area contributed by atoms with E-state index in [2.05, 4.69) is 0 Å². The van der Waals surface area contributed by atoms with E-state index in [1.807, 2.05) is 0 Å². The van der Waals surface area contributed by atoms with E-state index < -0.39 is 20.0 Å². The number of anilines is 2. The van der Waals surface area contributed by atoms with Gasteiger partial charge in [-0.15, -0.1) is 0 Å². The number of carbonyl (C=O) groups is 2. The van der Waals surface area contributed by atoms with Crippen LogP contribution >= 0.6 is 0 Å². The van der Waals surface area contributed by atoms with Crippen LogP contribution in [-0.2, 0) is 42.5 Å². The number of hydrogen-bond acceptors (Lipinski definition) is 6. The largest absolute Gasteiger partial charge is 0.312 e. The number of rotatable bonds is 4. The molecule has 5 rings (SSSR count). The van der Waals surface area contributed by atoms with Gasteiger partial charge in [-0.05, 0) is 66.8 Å². The first-order valence-corrected chi connectivity index (χ1v) is 15.2. The summed E-state index contributed by atoms with van der Waals surface area (Å²) in [6.07, 6.45) is 1.55. The van der Waals surface area contributed by atoms with E-state index in [1.165, 1.54) is 34.6 Å². The first kappa shape index (κ1) is 25.8. The maximum atomic E-state index is 13.4. The van der Waals surface area contributed by atoms with Gasteiger partial charge in [0.1, 0.15) is 0 Å². The Morgan fingerprint density at radius 2 is 1.03 bits per heavy atom. The van der Waals surface area contributed by atoms with Crippen LogP contribution in [0.3, 0.4) is 0 Å². The van der Waals surface area contributed by atoms with Crippen LogP contribution in [0, 0.1) is 0 Å². The van der Waals surface area contributed by atoms with Crippen molar-refractivity contribution in [1.82, 2.24) is 8.61 Å². The molecule has 0 spiro atoms. The normalized spacial score (nSPS) is 19.0. The lowest BCUT2D eigenvalue weighted by atomic mass is 10.2. The summed E-state index contributed by atoms with van der Waals surface area (Å²) in [5.41, 5.74) is 3.10. The van der Waals surface area contributed by atoms with E-state index in [-0.39, 0.29) is 47.8 Å². The van der Waals surface area contributed by atoms with E-state index in [9.17, 15) is 26.4 Å². The molecule has 0 bridgehead atoms. The molecule has 0 radical (unpaired) electrons. The molecule has 2 aromatic carbocycles. The highest BCUT2D eigenvalue weighted by Crippen LogP contribution is 2.33. The summed E-state index contributed by atoms with van der Waals surface area (Å²) in [6, 6.07) is 9.63. The topological polar surface area (TPSA) is 115 Å². The number of sulfonamides is 2. The van der Waals surface area contributed by atoms with Crippen LogP contribution in [0.2, 0.25) is 0 Å². The molecule has 0 aliphatic carbocycles. The molecule has 0 atom stereocenters. The van der Waals surface area contributed by atoms with Crippen molar-refractivity contribution >= 4 is 43.2 Å². The molecule has 0 unspecified atom stereocenters. The van der Waals surface area contributed by atoms with Crippen LogP contribution < -0.4 is 9.80 Å². The zero-order valence-corrected chi connectivity index (χ0v) is 22.5. The van der Waals surface area contributed by atoms with E-state index >= 15 is 0 Å². The molecule has 12 heteroatoms. The summed E-state index contributed by atoms with van der Waals surface area (Å²) >= 11 is 0. The summed E-state index contributed by atoms with van der Waals surface area (Å²) < 4.78 is 56.4. The molecule has 0 N–H and O–H groups in total. The molecular weight excluding hydrogens is 516 g/mol. The van der Waals surface area contributed by atoms with E-state index in [0.29, 0.717) is 32.4 Å². The van der Waals surface area contributed by atoms with E-state index in [0.717, 1.165) is 22.5 Å². The Bertz CT molecular complexity index is 1380. The second-order valence-electron chi connectivity index (χ2n) is 9.58. The molecule has 37 heavy (non-hydrogen) atoms. The number of fused-ring (bicyclic) bond motifs is 2. The Labute approximate surface area is 217 Å². The van der Waals surface area contributed by atoms with Crippen molar-refractivity contribution in [2.24, 2.45) is 0 Å². The SMILES string of the molecule is CC(=O)N1CCc2cc(S(=O)(=O)N3CCCN(S(=O)(=O)c4ccc5c(c4)CCN5C(C)=O)CC3)ccc21. The third-order valence-electron chi connectivity index (χ3n) is 7.34. The minimum absolute atomic E-state index is 0.0429. The minimum atomic E-state index is -3.83. The van der Waals surface area contributed by atoms with Gasteiger partial charge >= 0.3 is 0 Å². The molecule has 1 saturated heterocycles. The number of nitrogens with zero attached hydrogens (tertiary/aromatic N) is 4. The highest BCUT2D eigenvalue weighted by atomic mass is 32.2. The standard InChI is InChI=1S/C25H30N4O6S2/c1-18(30)28-12-8-20-16-22(4-6-24(20)28)36(32,33)26-10-3-11-27(15-14-26)37(34,35)23-5-7-25-21(17-23)9-13-29(25)19(2)31/h4-7,16-17H,3,8-15H2,1-2H3. The molecule has 3 aliphatic heterocycles. The molecule has 0 aromatic heterocycles. The van der Waals surface area contributed by atoms with Crippen LogP contribution in [0.4, 0.5) is 11.4 Å². The van der Waals surface area contributed by atoms with Gasteiger partial charge in [0.15, 0.2) is 0 Å². The molecule has 2 aromatic rings. The van der Waals surface area contributed by atoms with Crippen molar-refractivity contribution in [3.63, 3.8) is 0 Å². The molecule has 0 saturated carbocycles. The van der Waals surface area contributed by atoms with Crippen molar-refractivity contribution in [1.29, 1.82) is 0 Å². The van der Waals surface area contributed by atoms with Gasteiger partial charge in [-0.25, -0.2) is 16.8 Å². The van der Waals surface area contributed by atoms with Crippen molar-refractivity contribution in [2.45, 2.75) is 42.9 Å². The Morgan fingerprint density at radius 1 is 0.622 bits per heavy atom. The van der Waals surface area contributed by atoms with Crippen LogP contribution in [-0.4, -0.2) is 76.5 Å². The lowest BCUT2D eigenvalue weighted by molar-refractivity contribution is -0.117. The summed E-state index contributed by atoms with van der Waals surface area (Å²) in [5, 5.41) is 0. The first-order valence-electron chi connectivity index (χ1n) is 12.3. The van der Waals surface area contributed by atoms with E-state index in [4.69, 9.17) is 0 Å². The average molecular weight is 547 g/mol. The predicted molar refractivity (Wildman–Crippen MR) is 138 cm³/mol. The van der Waals surface area contributed by atoms with Gasteiger partial charge in [0, 0.05) is 64.5 Å². The highest BCUT2D eigenvalue weighted by molar-refractivity contribution is 7.89. The minimum Gasteiger partial charge on any atom is -0.312 e. The van der Waals surface area contributed by atoms with Crippen LogP contribution in [0.25, 0.3) is 0 Å². The van der Waals surface area contributed by atoms with Gasteiger partial charge in [0.05, 0.1) is 9.79 Å². The Balaban J connectivity index is 1.33. The highest BCUT2D eigenvalue weighted by Gasteiger charge is 2.34. The van der Waals surface area contributed by atoms with Gasteiger partial charge in [-0.2, -0.15) is 8.61 Å². The summed E-state index contributed by atoms with van der Waals surface area (Å²) in [6.45, 7) is 4.54. The zero-order chi connectivity index (χ0) is 26.5.